The molecule has 27 heavy (non-hydrogen) atoms. The number of halogens is 3. The lowest BCUT2D eigenvalue weighted by molar-refractivity contribution is 0.544. The molecule has 1 aliphatic rings. The summed E-state index contributed by atoms with van der Waals surface area (Å²) in [5, 5.41) is 4.58. The van der Waals surface area contributed by atoms with Gasteiger partial charge in [0.05, 0.1) is 16.6 Å². The van der Waals surface area contributed by atoms with Crippen molar-refractivity contribution >= 4 is 28.3 Å². The molecule has 0 bridgehead atoms. The van der Waals surface area contributed by atoms with Crippen molar-refractivity contribution in [2.45, 2.75) is 13.0 Å². The number of nitrogens with zero attached hydrogens (tertiary/aromatic N) is 1. The van der Waals surface area contributed by atoms with E-state index in [1.165, 1.54) is 12.1 Å². The molecule has 0 aliphatic carbocycles. The van der Waals surface area contributed by atoms with E-state index in [1.807, 2.05) is 24.3 Å². The van der Waals surface area contributed by atoms with Crippen LogP contribution in [-0.4, -0.2) is 9.97 Å². The van der Waals surface area contributed by atoms with Crippen LogP contribution >= 0.6 is 11.6 Å². The Morgan fingerprint density at radius 3 is 2.78 bits per heavy atom. The number of nitrogens with one attached hydrogen (secondary N) is 2. The maximum Gasteiger partial charge on any atom is 0.138 e. The first-order valence-corrected chi connectivity index (χ1v) is 8.90. The first-order chi connectivity index (χ1) is 13.1. The second kappa shape index (κ2) is 5.79. The molecule has 2 N–H and O–H groups in total. The monoisotopic (exact) mass is 381 g/mol. The van der Waals surface area contributed by atoms with Gasteiger partial charge in [0.1, 0.15) is 17.3 Å². The fourth-order valence-corrected chi connectivity index (χ4v) is 4.06. The number of benzene rings is 2. The topological polar surface area (TPSA) is 40.7 Å². The van der Waals surface area contributed by atoms with E-state index >= 15 is 0 Å². The number of pyridine rings is 1. The molecule has 3 nitrogen and oxygen atoms in total. The van der Waals surface area contributed by atoms with Crippen LogP contribution in [0, 0.1) is 18.6 Å². The quantitative estimate of drug-likeness (QED) is 0.425. The molecule has 0 fully saturated rings. The molecule has 2 aromatic heterocycles. The lowest BCUT2D eigenvalue weighted by Gasteiger charge is -2.21. The molecule has 0 spiro atoms. The van der Waals surface area contributed by atoms with Crippen LogP contribution in [0.1, 0.15) is 22.7 Å². The Hall–Kier alpha value is -2.92. The number of anilines is 1. The van der Waals surface area contributed by atoms with E-state index in [0.29, 0.717) is 21.8 Å². The number of H-pyrrole nitrogens is 1. The molecule has 6 heteroatoms. The zero-order chi connectivity index (χ0) is 18.7. The minimum absolute atomic E-state index is 0.0153. The molecule has 1 unspecified atom stereocenters. The summed E-state index contributed by atoms with van der Waals surface area (Å²) in [5.41, 5.74) is 4.13. The van der Waals surface area contributed by atoms with Crippen molar-refractivity contribution < 1.29 is 8.78 Å². The number of hydrogen-bond donors (Lipinski definition) is 2. The average Bonchev–Trinajstić information content (AvgIpc) is 3.02. The molecule has 0 radical (unpaired) electrons. The van der Waals surface area contributed by atoms with Crippen LogP contribution in [0.25, 0.3) is 22.2 Å². The average molecular weight is 382 g/mol. The molecule has 2 aromatic carbocycles. The molecule has 0 saturated heterocycles. The molecule has 4 aromatic rings. The van der Waals surface area contributed by atoms with Crippen molar-refractivity contribution in [3.05, 3.63) is 82.1 Å². The first-order valence-electron chi connectivity index (χ1n) is 8.52. The van der Waals surface area contributed by atoms with Gasteiger partial charge in [-0.25, -0.2) is 13.8 Å². The third-order valence-electron chi connectivity index (χ3n) is 5.10. The zero-order valence-corrected chi connectivity index (χ0v) is 15.0. The van der Waals surface area contributed by atoms with Crippen LogP contribution in [0.2, 0.25) is 5.02 Å². The van der Waals surface area contributed by atoms with Crippen molar-refractivity contribution in [2.75, 3.05) is 5.32 Å². The van der Waals surface area contributed by atoms with E-state index in [4.69, 9.17) is 11.6 Å². The highest BCUT2D eigenvalue weighted by Crippen LogP contribution is 2.46. The predicted octanol–water partition coefficient (Wildman–Crippen LogP) is 5.98. The predicted molar refractivity (Wildman–Crippen MR) is 103 cm³/mol. The molecular formula is C21H14ClF2N3. The second-order valence-corrected chi connectivity index (χ2v) is 7.07. The van der Waals surface area contributed by atoms with E-state index < -0.39 is 17.7 Å². The van der Waals surface area contributed by atoms with E-state index in [0.717, 1.165) is 22.2 Å². The van der Waals surface area contributed by atoms with Gasteiger partial charge in [0, 0.05) is 40.2 Å². The third-order valence-corrected chi connectivity index (χ3v) is 5.39. The summed E-state index contributed by atoms with van der Waals surface area (Å²) < 4.78 is 29.7. The number of aryl methyl sites for hydroxylation is 1. The summed E-state index contributed by atoms with van der Waals surface area (Å²) in [5.74, 6) is -1.15. The van der Waals surface area contributed by atoms with Gasteiger partial charge in [0.2, 0.25) is 0 Å². The Bertz CT molecular complexity index is 1220. The first kappa shape index (κ1) is 16.3. The minimum Gasteiger partial charge on any atom is -0.373 e. The highest BCUT2D eigenvalue weighted by atomic mass is 35.5. The fraction of sp³-hybridized carbons (Fsp3) is 0.0952. The lowest BCUT2D eigenvalue weighted by atomic mass is 9.95. The number of aromatic nitrogens is 2. The van der Waals surface area contributed by atoms with Gasteiger partial charge < -0.3 is 10.3 Å². The van der Waals surface area contributed by atoms with Gasteiger partial charge in [-0.3, -0.25) is 0 Å². The Balaban J connectivity index is 1.91. The van der Waals surface area contributed by atoms with Gasteiger partial charge in [0.15, 0.2) is 0 Å². The van der Waals surface area contributed by atoms with E-state index in [1.54, 1.807) is 19.3 Å². The van der Waals surface area contributed by atoms with Crippen molar-refractivity contribution in [1.82, 2.24) is 9.97 Å². The number of rotatable bonds is 1. The normalized spacial score (nSPS) is 15.3. The molecule has 1 aliphatic heterocycles. The van der Waals surface area contributed by atoms with Gasteiger partial charge >= 0.3 is 0 Å². The highest BCUT2D eigenvalue weighted by molar-refractivity contribution is 6.35. The molecule has 5 rings (SSSR count). The molecule has 0 saturated carbocycles. The van der Waals surface area contributed by atoms with Crippen LogP contribution in [0.15, 0.2) is 48.8 Å². The van der Waals surface area contributed by atoms with Crippen molar-refractivity contribution in [1.29, 1.82) is 0 Å². The largest absolute Gasteiger partial charge is 0.373 e. The summed E-state index contributed by atoms with van der Waals surface area (Å²) in [6.45, 7) is 1.63. The zero-order valence-electron chi connectivity index (χ0n) is 14.3. The highest BCUT2D eigenvalue weighted by Gasteiger charge is 2.31. The lowest BCUT2D eigenvalue weighted by Crippen LogP contribution is -2.15. The summed E-state index contributed by atoms with van der Waals surface area (Å²) in [6, 6.07) is 9.62. The van der Waals surface area contributed by atoms with Crippen molar-refractivity contribution in [3.63, 3.8) is 0 Å². The summed E-state index contributed by atoms with van der Waals surface area (Å²) in [4.78, 5) is 7.45. The summed E-state index contributed by atoms with van der Waals surface area (Å²) >= 11 is 6.50. The summed E-state index contributed by atoms with van der Waals surface area (Å²) in [6.07, 6.45) is 3.33. The molecule has 1 atom stereocenters. The van der Waals surface area contributed by atoms with E-state index in [-0.39, 0.29) is 5.56 Å². The van der Waals surface area contributed by atoms with Gasteiger partial charge in [-0.05, 0) is 24.6 Å². The fourth-order valence-electron chi connectivity index (χ4n) is 3.82. The van der Waals surface area contributed by atoms with Gasteiger partial charge in [-0.1, -0.05) is 35.9 Å². The van der Waals surface area contributed by atoms with E-state index in [9.17, 15) is 8.78 Å². The van der Waals surface area contributed by atoms with Crippen LogP contribution < -0.4 is 5.32 Å². The van der Waals surface area contributed by atoms with Crippen LogP contribution in [0.4, 0.5) is 14.5 Å². The van der Waals surface area contributed by atoms with Gasteiger partial charge in [-0.15, -0.1) is 0 Å². The molecule has 3 heterocycles. The van der Waals surface area contributed by atoms with Crippen LogP contribution in [0.5, 0.6) is 0 Å². The molecule has 0 amide bonds. The maximum absolute atomic E-state index is 15.0. The molecule has 134 valence electrons. The Labute approximate surface area is 159 Å². The number of aromatic amines is 1. The van der Waals surface area contributed by atoms with Gasteiger partial charge in [-0.2, -0.15) is 0 Å². The summed E-state index contributed by atoms with van der Waals surface area (Å²) in [7, 11) is 0. The Morgan fingerprint density at radius 2 is 1.93 bits per heavy atom. The van der Waals surface area contributed by atoms with Gasteiger partial charge in [0.25, 0.3) is 0 Å². The number of para-hydroxylation sites is 1. The Morgan fingerprint density at radius 1 is 1.11 bits per heavy atom. The van der Waals surface area contributed by atoms with Crippen LogP contribution in [0.3, 0.4) is 0 Å². The third kappa shape index (κ3) is 2.28. The van der Waals surface area contributed by atoms with E-state index in [2.05, 4.69) is 15.3 Å². The van der Waals surface area contributed by atoms with Crippen molar-refractivity contribution in [2.24, 2.45) is 0 Å². The maximum atomic E-state index is 15.0. The van der Waals surface area contributed by atoms with Crippen LogP contribution in [-0.2, 0) is 0 Å². The SMILES string of the molecule is Cc1ccc(F)c(C2Nc3ccccc3-c3c(Cl)cnc4[nH]cc2c34)c1F. The van der Waals surface area contributed by atoms with Crippen molar-refractivity contribution in [3.8, 4) is 11.1 Å². The minimum atomic E-state index is -0.721. The number of fused-ring (bicyclic) bond motifs is 2. The second-order valence-electron chi connectivity index (χ2n) is 6.66. The smallest absolute Gasteiger partial charge is 0.138 e. The standard InChI is InChI=1S/C21H14ClF2N3/c1-10-6-7-14(23)18(19(10)24)20-12-8-25-21-17(12)16(13(22)9-26-21)11-4-2-3-5-15(11)27-20/h2-9,20,27H,1H3,(H,25,26). The Kier molecular flexibility index (Phi) is 3.49. The molecular weight excluding hydrogens is 368 g/mol. The number of hydrogen-bond acceptors (Lipinski definition) is 2.